The highest BCUT2D eigenvalue weighted by Crippen LogP contribution is 2.30. The summed E-state index contributed by atoms with van der Waals surface area (Å²) in [7, 11) is 0. The van der Waals surface area contributed by atoms with Gasteiger partial charge in [0.1, 0.15) is 11.9 Å². The molecule has 1 heterocycles. The highest BCUT2D eigenvalue weighted by atomic mass is 16.6. The predicted molar refractivity (Wildman–Crippen MR) is 140 cm³/mol. The molecule has 1 aliphatic heterocycles. The molecule has 0 bridgehead atoms. The van der Waals surface area contributed by atoms with Crippen LogP contribution in [-0.4, -0.2) is 46.9 Å². The molecule has 1 saturated carbocycles. The second-order valence-corrected chi connectivity index (χ2v) is 10.1. The normalized spacial score (nSPS) is 19.1. The molecule has 0 saturated heterocycles. The zero-order valence-electron chi connectivity index (χ0n) is 21.4. The molecule has 3 amide bonds. The number of carboxylic acids is 1. The second kappa shape index (κ2) is 12.0. The Bertz CT molecular complexity index is 1130. The second-order valence-electron chi connectivity index (χ2n) is 10.1. The molecular weight excluding hydrogens is 474 g/mol. The maximum atomic E-state index is 12.7. The third-order valence-corrected chi connectivity index (χ3v) is 6.72. The lowest BCUT2D eigenvalue weighted by molar-refractivity contribution is -0.138. The number of hydrogen-bond donors (Lipinski definition) is 3. The summed E-state index contributed by atoms with van der Waals surface area (Å²) < 4.78 is 11.4. The molecule has 0 unspecified atom stereocenters. The summed E-state index contributed by atoms with van der Waals surface area (Å²) in [6.45, 7) is 4.89. The molecular formula is C28H35N3O6. The summed E-state index contributed by atoms with van der Waals surface area (Å²) in [4.78, 5) is 37.9. The first-order valence-corrected chi connectivity index (χ1v) is 12.9. The van der Waals surface area contributed by atoms with E-state index in [1.54, 1.807) is 17.0 Å². The predicted octanol–water partition coefficient (Wildman–Crippen LogP) is 5.65. The Labute approximate surface area is 217 Å². The van der Waals surface area contributed by atoms with Gasteiger partial charge in [-0.05, 0) is 87.3 Å². The molecule has 9 heteroatoms. The summed E-state index contributed by atoms with van der Waals surface area (Å²) >= 11 is 0. The maximum absolute atomic E-state index is 12.7. The number of amides is 3. The molecule has 2 aromatic carbocycles. The number of carbonyl (C=O) groups excluding carboxylic acids is 2. The number of urea groups is 1. The van der Waals surface area contributed by atoms with Crippen molar-refractivity contribution in [1.29, 1.82) is 0 Å². The van der Waals surface area contributed by atoms with Crippen LogP contribution in [-0.2, 0) is 22.5 Å². The van der Waals surface area contributed by atoms with Gasteiger partial charge in [-0.25, -0.2) is 9.59 Å². The monoisotopic (exact) mass is 509 g/mol. The smallest absolute Gasteiger partial charge is 0.410 e. The number of carbonyl (C=O) groups is 3. The minimum Gasteiger partial charge on any atom is -0.491 e. The summed E-state index contributed by atoms with van der Waals surface area (Å²) in [6.07, 6.45) is 3.38. The highest BCUT2D eigenvalue weighted by molar-refractivity contribution is 5.99. The van der Waals surface area contributed by atoms with Gasteiger partial charge < -0.3 is 30.1 Å². The van der Waals surface area contributed by atoms with Crippen molar-refractivity contribution in [2.45, 2.75) is 71.1 Å². The standard InChI is InChI=1S/C28H35N3O6/c1-18(2)36-25-5-3-4-22(16-25)29-27(34)30-23-9-8-21-17-31(13-12-20(21)15-23)28(35)37-24-10-6-19(7-11-24)14-26(32)33/h3-5,8-9,15-16,18-19,24H,6-7,10-14,17H2,1-2H3,(H,32,33)(H2,29,30,34). The van der Waals surface area contributed by atoms with E-state index in [1.165, 1.54) is 0 Å². The lowest BCUT2D eigenvalue weighted by Gasteiger charge is -2.32. The van der Waals surface area contributed by atoms with Gasteiger partial charge in [0, 0.05) is 37.0 Å². The number of benzene rings is 2. The van der Waals surface area contributed by atoms with Gasteiger partial charge in [-0.15, -0.1) is 0 Å². The van der Waals surface area contributed by atoms with E-state index in [2.05, 4.69) is 10.6 Å². The molecule has 2 aliphatic rings. The summed E-state index contributed by atoms with van der Waals surface area (Å²) in [5.74, 6) is 0.0900. The molecule has 1 aliphatic carbocycles. The van der Waals surface area contributed by atoms with Gasteiger partial charge >= 0.3 is 18.1 Å². The molecule has 0 radical (unpaired) electrons. The Morgan fingerprint density at radius 2 is 1.73 bits per heavy atom. The number of carboxylic acid groups (broad SMARTS) is 1. The number of hydrogen-bond acceptors (Lipinski definition) is 5. The molecule has 4 rings (SSSR count). The van der Waals surface area contributed by atoms with Gasteiger partial charge in [0.05, 0.1) is 6.10 Å². The average molecular weight is 510 g/mol. The summed E-state index contributed by atoms with van der Waals surface area (Å²) in [5, 5.41) is 14.7. The fourth-order valence-corrected chi connectivity index (χ4v) is 4.92. The minimum absolute atomic E-state index is 0.0443. The largest absolute Gasteiger partial charge is 0.491 e. The highest BCUT2D eigenvalue weighted by Gasteiger charge is 2.28. The first-order chi connectivity index (χ1) is 17.7. The number of nitrogens with zero attached hydrogens (tertiary/aromatic N) is 1. The van der Waals surface area contributed by atoms with E-state index >= 15 is 0 Å². The lowest BCUT2D eigenvalue weighted by Crippen LogP contribution is -2.39. The maximum Gasteiger partial charge on any atom is 0.410 e. The average Bonchev–Trinajstić information content (AvgIpc) is 2.84. The number of ether oxygens (including phenoxy) is 2. The number of anilines is 2. The molecule has 0 spiro atoms. The van der Waals surface area contributed by atoms with Crippen molar-refractivity contribution in [3.8, 4) is 5.75 Å². The van der Waals surface area contributed by atoms with Crippen LogP contribution in [0.2, 0.25) is 0 Å². The quantitative estimate of drug-likeness (QED) is 0.444. The van der Waals surface area contributed by atoms with Crippen molar-refractivity contribution in [3.63, 3.8) is 0 Å². The van der Waals surface area contributed by atoms with E-state index in [0.29, 0.717) is 49.5 Å². The van der Waals surface area contributed by atoms with Crippen molar-refractivity contribution in [2.75, 3.05) is 17.2 Å². The summed E-state index contributed by atoms with van der Waals surface area (Å²) in [5.41, 5.74) is 3.43. The van der Waals surface area contributed by atoms with Crippen LogP contribution in [0.25, 0.3) is 0 Å². The molecule has 1 fully saturated rings. The number of fused-ring (bicyclic) bond motifs is 1. The Kier molecular flexibility index (Phi) is 8.53. The molecule has 198 valence electrons. The van der Waals surface area contributed by atoms with E-state index in [9.17, 15) is 14.4 Å². The molecule has 9 nitrogen and oxygen atoms in total. The third-order valence-electron chi connectivity index (χ3n) is 6.72. The van der Waals surface area contributed by atoms with Crippen LogP contribution in [0.3, 0.4) is 0 Å². The molecule has 0 atom stereocenters. The van der Waals surface area contributed by atoms with Crippen LogP contribution in [0, 0.1) is 5.92 Å². The van der Waals surface area contributed by atoms with Crippen molar-refractivity contribution < 1.29 is 29.0 Å². The van der Waals surface area contributed by atoms with Crippen molar-refractivity contribution in [3.05, 3.63) is 53.6 Å². The van der Waals surface area contributed by atoms with Crippen LogP contribution in [0.4, 0.5) is 21.0 Å². The fraction of sp³-hybridized carbons (Fsp3) is 0.464. The number of nitrogens with one attached hydrogen (secondary N) is 2. The van der Waals surface area contributed by atoms with Crippen LogP contribution in [0.15, 0.2) is 42.5 Å². The fourth-order valence-electron chi connectivity index (χ4n) is 4.92. The zero-order valence-corrected chi connectivity index (χ0v) is 21.4. The lowest BCUT2D eigenvalue weighted by atomic mass is 9.85. The van der Waals surface area contributed by atoms with Crippen molar-refractivity contribution in [2.24, 2.45) is 5.92 Å². The van der Waals surface area contributed by atoms with Gasteiger partial charge in [0.2, 0.25) is 0 Å². The molecule has 0 aromatic heterocycles. The van der Waals surface area contributed by atoms with Gasteiger partial charge in [0.25, 0.3) is 0 Å². The molecule has 37 heavy (non-hydrogen) atoms. The van der Waals surface area contributed by atoms with Crippen LogP contribution in [0.1, 0.15) is 57.1 Å². The zero-order chi connectivity index (χ0) is 26.4. The minimum atomic E-state index is -0.770. The van der Waals surface area contributed by atoms with Crippen LogP contribution in [0.5, 0.6) is 5.75 Å². The number of aliphatic carboxylic acids is 1. The topological polar surface area (TPSA) is 117 Å². The van der Waals surface area contributed by atoms with Crippen LogP contribution < -0.4 is 15.4 Å². The first-order valence-electron chi connectivity index (χ1n) is 12.9. The van der Waals surface area contributed by atoms with Gasteiger partial charge in [-0.1, -0.05) is 12.1 Å². The summed E-state index contributed by atoms with van der Waals surface area (Å²) in [6, 6.07) is 12.6. The van der Waals surface area contributed by atoms with E-state index in [0.717, 1.165) is 24.0 Å². The number of rotatable bonds is 7. The van der Waals surface area contributed by atoms with Gasteiger partial charge in [-0.2, -0.15) is 0 Å². The van der Waals surface area contributed by atoms with E-state index < -0.39 is 5.97 Å². The Hall–Kier alpha value is -3.75. The molecule has 2 aromatic rings. The Balaban J connectivity index is 1.27. The van der Waals surface area contributed by atoms with E-state index in [-0.39, 0.29) is 36.7 Å². The van der Waals surface area contributed by atoms with Gasteiger partial charge in [0.15, 0.2) is 0 Å². The van der Waals surface area contributed by atoms with Gasteiger partial charge in [-0.3, -0.25) is 4.79 Å². The van der Waals surface area contributed by atoms with Crippen molar-refractivity contribution >= 4 is 29.5 Å². The van der Waals surface area contributed by atoms with E-state index in [1.807, 2.05) is 44.2 Å². The Morgan fingerprint density at radius 1 is 1.00 bits per heavy atom. The molecule has 3 N–H and O–H groups in total. The third kappa shape index (κ3) is 7.62. The Morgan fingerprint density at radius 3 is 2.43 bits per heavy atom. The SMILES string of the molecule is CC(C)Oc1cccc(NC(=O)Nc2ccc3c(c2)CCN(C(=O)OC2CCC(CC(=O)O)CC2)C3)c1. The first kappa shape index (κ1) is 26.3. The van der Waals surface area contributed by atoms with E-state index in [4.69, 9.17) is 14.6 Å². The van der Waals surface area contributed by atoms with Crippen molar-refractivity contribution in [1.82, 2.24) is 4.90 Å². The van der Waals surface area contributed by atoms with Crippen LogP contribution >= 0.6 is 0 Å².